The van der Waals surface area contributed by atoms with Crippen LogP contribution in [0.25, 0.3) is 0 Å². The molecule has 0 spiro atoms. The van der Waals surface area contributed by atoms with Gasteiger partial charge in [0.2, 0.25) is 0 Å². The summed E-state index contributed by atoms with van der Waals surface area (Å²) in [7, 11) is 0. The molecule has 1 unspecified atom stereocenters. The first kappa shape index (κ1) is 9.55. The van der Waals surface area contributed by atoms with E-state index in [1.165, 1.54) is 0 Å². The first-order valence-corrected chi connectivity index (χ1v) is 4.31. The smallest absolute Gasteiger partial charge is 0.0812 e. The van der Waals surface area contributed by atoms with Crippen LogP contribution < -0.4 is 0 Å². The molecule has 1 atom stereocenters. The molecule has 12 heavy (non-hydrogen) atoms. The molecule has 1 aromatic rings. The van der Waals surface area contributed by atoms with Crippen LogP contribution in [0.15, 0.2) is 12.4 Å². The Morgan fingerprint density at radius 1 is 1.75 bits per heavy atom. The monoisotopic (exact) mass is 188 g/mol. The number of halogens is 1. The lowest BCUT2D eigenvalue weighted by Gasteiger charge is -2.20. The Labute approximate surface area is 77.0 Å². The standard InChI is InChI=1S/C8H13ClN2O/c1-3-8(2,12)6-11-5-7(9)4-10-11/h4-5,12H,3,6H2,1-2H3. The van der Waals surface area contributed by atoms with Crippen molar-refractivity contribution in [3.05, 3.63) is 17.4 Å². The van der Waals surface area contributed by atoms with Gasteiger partial charge in [0.15, 0.2) is 0 Å². The molecule has 0 aromatic carbocycles. The van der Waals surface area contributed by atoms with Crippen molar-refractivity contribution >= 4 is 11.6 Å². The maximum Gasteiger partial charge on any atom is 0.0812 e. The van der Waals surface area contributed by atoms with E-state index in [4.69, 9.17) is 11.6 Å². The van der Waals surface area contributed by atoms with Crippen molar-refractivity contribution in [1.82, 2.24) is 9.78 Å². The zero-order chi connectivity index (χ0) is 9.19. The van der Waals surface area contributed by atoms with Crippen molar-refractivity contribution in [1.29, 1.82) is 0 Å². The van der Waals surface area contributed by atoms with Gasteiger partial charge in [-0.2, -0.15) is 5.10 Å². The predicted octanol–water partition coefficient (Wildman–Crippen LogP) is 1.70. The summed E-state index contributed by atoms with van der Waals surface area (Å²) in [5.41, 5.74) is -0.699. The summed E-state index contributed by atoms with van der Waals surface area (Å²) < 4.78 is 1.64. The summed E-state index contributed by atoms with van der Waals surface area (Å²) >= 11 is 5.67. The van der Waals surface area contributed by atoms with Crippen LogP contribution in [0.5, 0.6) is 0 Å². The molecule has 0 saturated carbocycles. The quantitative estimate of drug-likeness (QED) is 0.784. The van der Waals surface area contributed by atoms with E-state index in [-0.39, 0.29) is 0 Å². The Hall–Kier alpha value is -0.540. The summed E-state index contributed by atoms with van der Waals surface area (Å²) in [6.07, 6.45) is 3.96. The normalized spacial score (nSPS) is 16.0. The first-order chi connectivity index (χ1) is 5.53. The second-order valence-electron chi connectivity index (χ2n) is 3.21. The van der Waals surface area contributed by atoms with Crippen molar-refractivity contribution in [2.24, 2.45) is 0 Å². The van der Waals surface area contributed by atoms with E-state index in [9.17, 15) is 5.11 Å². The Morgan fingerprint density at radius 2 is 2.42 bits per heavy atom. The van der Waals surface area contributed by atoms with Crippen molar-refractivity contribution in [3.8, 4) is 0 Å². The molecule has 68 valence electrons. The maximum absolute atomic E-state index is 9.68. The van der Waals surface area contributed by atoms with Gasteiger partial charge in [0.25, 0.3) is 0 Å². The Balaban J connectivity index is 2.63. The highest BCUT2D eigenvalue weighted by atomic mass is 35.5. The van der Waals surface area contributed by atoms with Gasteiger partial charge in [-0.05, 0) is 13.3 Å². The van der Waals surface area contributed by atoms with Gasteiger partial charge in [-0.25, -0.2) is 0 Å². The summed E-state index contributed by atoms with van der Waals surface area (Å²) in [6, 6.07) is 0. The van der Waals surface area contributed by atoms with Gasteiger partial charge in [0.1, 0.15) is 0 Å². The lowest BCUT2D eigenvalue weighted by Crippen LogP contribution is -2.29. The van der Waals surface area contributed by atoms with Crippen LogP contribution in [-0.2, 0) is 6.54 Å². The van der Waals surface area contributed by atoms with E-state index >= 15 is 0 Å². The van der Waals surface area contributed by atoms with Gasteiger partial charge in [-0.15, -0.1) is 0 Å². The maximum atomic E-state index is 9.68. The number of aromatic nitrogens is 2. The Bertz CT molecular complexity index is 257. The van der Waals surface area contributed by atoms with E-state index in [1.54, 1.807) is 24.0 Å². The lowest BCUT2D eigenvalue weighted by atomic mass is 10.0. The Morgan fingerprint density at radius 3 is 2.83 bits per heavy atom. The zero-order valence-corrected chi connectivity index (χ0v) is 8.04. The predicted molar refractivity (Wildman–Crippen MR) is 48.2 cm³/mol. The van der Waals surface area contributed by atoms with Crippen LogP contribution in [0, 0.1) is 0 Å². The van der Waals surface area contributed by atoms with E-state index in [0.29, 0.717) is 18.0 Å². The van der Waals surface area contributed by atoms with Gasteiger partial charge >= 0.3 is 0 Å². The van der Waals surface area contributed by atoms with E-state index in [1.807, 2.05) is 6.92 Å². The minimum Gasteiger partial charge on any atom is -0.388 e. The fourth-order valence-corrected chi connectivity index (χ4v) is 1.04. The second-order valence-corrected chi connectivity index (χ2v) is 3.64. The topological polar surface area (TPSA) is 38.0 Å². The summed E-state index contributed by atoms with van der Waals surface area (Å²) in [5.74, 6) is 0. The molecule has 1 aromatic heterocycles. The highest BCUT2D eigenvalue weighted by molar-refractivity contribution is 6.30. The molecule has 0 saturated heterocycles. The largest absolute Gasteiger partial charge is 0.388 e. The summed E-state index contributed by atoms with van der Waals surface area (Å²) in [5, 5.41) is 14.3. The summed E-state index contributed by atoms with van der Waals surface area (Å²) in [6.45, 7) is 4.20. The second kappa shape index (κ2) is 3.46. The average molecular weight is 189 g/mol. The molecular formula is C8H13ClN2O. The average Bonchev–Trinajstić information content (AvgIpc) is 2.35. The summed E-state index contributed by atoms with van der Waals surface area (Å²) in [4.78, 5) is 0. The fourth-order valence-electron chi connectivity index (χ4n) is 0.886. The van der Waals surface area contributed by atoms with E-state index in [2.05, 4.69) is 5.10 Å². The van der Waals surface area contributed by atoms with Gasteiger partial charge in [0, 0.05) is 6.20 Å². The SMILES string of the molecule is CCC(C)(O)Cn1cc(Cl)cn1. The molecule has 0 bridgehead atoms. The molecule has 1 N–H and O–H groups in total. The highest BCUT2D eigenvalue weighted by Crippen LogP contribution is 2.13. The van der Waals surface area contributed by atoms with Crippen LogP contribution in [0.2, 0.25) is 5.02 Å². The van der Waals surface area contributed by atoms with Gasteiger partial charge in [0.05, 0.1) is 23.4 Å². The van der Waals surface area contributed by atoms with Crippen molar-refractivity contribution in [2.45, 2.75) is 32.4 Å². The molecule has 0 aliphatic carbocycles. The number of hydrogen-bond acceptors (Lipinski definition) is 2. The van der Waals surface area contributed by atoms with Crippen molar-refractivity contribution in [3.63, 3.8) is 0 Å². The van der Waals surface area contributed by atoms with Crippen molar-refractivity contribution < 1.29 is 5.11 Å². The molecule has 4 heteroatoms. The molecule has 0 radical (unpaired) electrons. The van der Waals surface area contributed by atoms with Gasteiger partial charge in [-0.1, -0.05) is 18.5 Å². The van der Waals surface area contributed by atoms with Crippen LogP contribution in [0.1, 0.15) is 20.3 Å². The number of hydrogen-bond donors (Lipinski definition) is 1. The lowest BCUT2D eigenvalue weighted by molar-refractivity contribution is 0.0345. The number of nitrogens with zero attached hydrogens (tertiary/aromatic N) is 2. The van der Waals surface area contributed by atoms with Crippen LogP contribution >= 0.6 is 11.6 Å². The van der Waals surface area contributed by atoms with E-state index < -0.39 is 5.60 Å². The van der Waals surface area contributed by atoms with Crippen LogP contribution in [0.3, 0.4) is 0 Å². The van der Waals surface area contributed by atoms with E-state index in [0.717, 1.165) is 0 Å². The van der Waals surface area contributed by atoms with Crippen LogP contribution in [-0.4, -0.2) is 20.5 Å². The third kappa shape index (κ3) is 2.50. The Kier molecular flexibility index (Phi) is 2.75. The molecular weight excluding hydrogens is 176 g/mol. The van der Waals surface area contributed by atoms with Crippen LogP contribution in [0.4, 0.5) is 0 Å². The van der Waals surface area contributed by atoms with Gasteiger partial charge < -0.3 is 5.11 Å². The molecule has 0 fully saturated rings. The fraction of sp³-hybridized carbons (Fsp3) is 0.625. The number of rotatable bonds is 3. The third-order valence-electron chi connectivity index (χ3n) is 1.87. The highest BCUT2D eigenvalue weighted by Gasteiger charge is 2.18. The molecule has 0 aliphatic heterocycles. The number of aliphatic hydroxyl groups is 1. The minimum atomic E-state index is -0.699. The molecule has 0 aliphatic rings. The minimum absolute atomic E-state index is 0.482. The van der Waals surface area contributed by atoms with Gasteiger partial charge in [-0.3, -0.25) is 4.68 Å². The molecule has 1 rings (SSSR count). The zero-order valence-electron chi connectivity index (χ0n) is 7.29. The third-order valence-corrected chi connectivity index (χ3v) is 2.06. The molecule has 3 nitrogen and oxygen atoms in total. The molecule has 0 amide bonds. The first-order valence-electron chi connectivity index (χ1n) is 3.94. The molecule has 1 heterocycles. The van der Waals surface area contributed by atoms with Crippen molar-refractivity contribution in [2.75, 3.05) is 0 Å².